The van der Waals surface area contributed by atoms with Crippen LogP contribution in [0.25, 0.3) is 11.0 Å². The van der Waals surface area contributed by atoms with E-state index in [1.54, 1.807) is 30.3 Å². The second kappa shape index (κ2) is 8.14. The van der Waals surface area contributed by atoms with Crippen molar-refractivity contribution in [2.45, 2.75) is 20.4 Å². The van der Waals surface area contributed by atoms with Crippen molar-refractivity contribution in [3.8, 4) is 0 Å². The summed E-state index contributed by atoms with van der Waals surface area (Å²) in [5, 5.41) is 6.01. The number of fused-ring (bicyclic) bond motifs is 1. The predicted molar refractivity (Wildman–Crippen MR) is 105 cm³/mol. The Balaban J connectivity index is 1.56. The Morgan fingerprint density at radius 1 is 0.926 bits per heavy atom. The first-order valence-electron chi connectivity index (χ1n) is 8.47. The summed E-state index contributed by atoms with van der Waals surface area (Å²) in [6.07, 6.45) is 0. The van der Waals surface area contributed by atoms with Gasteiger partial charge in [-0.1, -0.05) is 23.7 Å². The minimum Gasteiger partial charge on any atom is -0.350 e. The van der Waals surface area contributed by atoms with E-state index in [0.29, 0.717) is 22.6 Å². The van der Waals surface area contributed by atoms with Gasteiger partial charge >= 0.3 is 0 Å². The lowest BCUT2D eigenvalue weighted by atomic mass is 10.1. The molecule has 0 aliphatic rings. The van der Waals surface area contributed by atoms with Crippen molar-refractivity contribution < 1.29 is 9.59 Å². The van der Waals surface area contributed by atoms with Crippen molar-refractivity contribution in [1.29, 1.82) is 0 Å². The van der Waals surface area contributed by atoms with E-state index in [1.165, 1.54) is 0 Å². The largest absolute Gasteiger partial charge is 0.350 e. The number of aryl methyl sites for hydroxylation is 2. The molecular formula is C20H19ClN4O2. The molecular weight excluding hydrogens is 364 g/mol. The Morgan fingerprint density at radius 3 is 2.30 bits per heavy atom. The molecule has 1 heterocycles. The molecule has 0 saturated heterocycles. The molecule has 6 nitrogen and oxygen atoms in total. The average molecular weight is 383 g/mol. The molecule has 0 atom stereocenters. The topological polar surface area (TPSA) is 84.0 Å². The molecule has 1 aromatic heterocycles. The van der Waals surface area contributed by atoms with Gasteiger partial charge in [-0.2, -0.15) is 0 Å². The zero-order chi connectivity index (χ0) is 19.4. The lowest BCUT2D eigenvalue weighted by molar-refractivity contribution is -0.120. The highest BCUT2D eigenvalue weighted by molar-refractivity contribution is 6.30. The van der Waals surface area contributed by atoms with Crippen LogP contribution in [0.2, 0.25) is 5.02 Å². The Hall–Kier alpha value is -2.99. The third-order valence-electron chi connectivity index (χ3n) is 4.15. The van der Waals surface area contributed by atoms with Crippen molar-refractivity contribution in [2.75, 3.05) is 6.54 Å². The number of hydrogen-bond acceptors (Lipinski definition) is 4. The first-order chi connectivity index (χ1) is 12.9. The molecule has 27 heavy (non-hydrogen) atoms. The molecule has 0 bridgehead atoms. The first-order valence-corrected chi connectivity index (χ1v) is 8.84. The number of halogens is 1. The molecule has 7 heteroatoms. The van der Waals surface area contributed by atoms with Crippen LogP contribution in [0.4, 0.5) is 0 Å². The second-order valence-corrected chi connectivity index (χ2v) is 6.62. The number of rotatable bonds is 5. The highest BCUT2D eigenvalue weighted by Crippen LogP contribution is 2.14. The van der Waals surface area contributed by atoms with Crippen LogP contribution in [-0.4, -0.2) is 28.3 Å². The molecule has 0 unspecified atom stereocenters. The number of benzene rings is 2. The molecule has 0 aliphatic carbocycles. The third kappa shape index (κ3) is 4.80. The summed E-state index contributed by atoms with van der Waals surface area (Å²) in [5.74, 6) is -0.607. The maximum Gasteiger partial charge on any atom is 0.251 e. The zero-order valence-electron chi connectivity index (χ0n) is 15.0. The molecule has 0 spiro atoms. The van der Waals surface area contributed by atoms with E-state index in [9.17, 15) is 9.59 Å². The maximum absolute atomic E-state index is 12.3. The van der Waals surface area contributed by atoms with Crippen LogP contribution in [-0.2, 0) is 11.3 Å². The summed E-state index contributed by atoms with van der Waals surface area (Å²) in [5.41, 5.74) is 4.43. The molecule has 2 amide bonds. The van der Waals surface area contributed by atoms with Gasteiger partial charge in [0.1, 0.15) is 0 Å². The fourth-order valence-electron chi connectivity index (χ4n) is 2.50. The van der Waals surface area contributed by atoms with Gasteiger partial charge in [-0.3, -0.25) is 9.59 Å². The highest BCUT2D eigenvalue weighted by Gasteiger charge is 2.10. The minimum atomic E-state index is -0.335. The maximum atomic E-state index is 12.3. The van der Waals surface area contributed by atoms with Gasteiger partial charge in [0.05, 0.1) is 29.0 Å². The first kappa shape index (κ1) is 18.8. The van der Waals surface area contributed by atoms with Gasteiger partial charge in [-0.05, 0) is 49.7 Å². The standard InChI is InChI=1S/C20H19ClN4O2/c1-12-13(2)25-18-9-15(5-8-17(18)24-12)20(27)23-11-19(26)22-10-14-3-6-16(21)7-4-14/h3-9H,10-11H2,1-2H3,(H,22,26)(H,23,27). The average Bonchev–Trinajstić information content (AvgIpc) is 2.66. The molecule has 0 aliphatic heterocycles. The van der Waals surface area contributed by atoms with E-state index in [4.69, 9.17) is 11.6 Å². The quantitative estimate of drug-likeness (QED) is 0.710. The van der Waals surface area contributed by atoms with Gasteiger partial charge in [0.25, 0.3) is 5.91 Å². The molecule has 0 fully saturated rings. The van der Waals surface area contributed by atoms with Crippen LogP contribution in [0.3, 0.4) is 0 Å². The summed E-state index contributed by atoms with van der Waals surface area (Å²) in [7, 11) is 0. The van der Waals surface area contributed by atoms with Gasteiger partial charge < -0.3 is 10.6 Å². The molecule has 138 valence electrons. The van der Waals surface area contributed by atoms with Crippen LogP contribution >= 0.6 is 11.6 Å². The number of amides is 2. The number of carbonyl (C=O) groups excluding carboxylic acids is 2. The molecule has 0 radical (unpaired) electrons. The lowest BCUT2D eigenvalue weighted by Crippen LogP contribution is -2.36. The summed E-state index contributed by atoms with van der Waals surface area (Å²) >= 11 is 5.83. The molecule has 2 aromatic carbocycles. The lowest BCUT2D eigenvalue weighted by Gasteiger charge is -2.08. The van der Waals surface area contributed by atoms with Crippen molar-refractivity contribution in [1.82, 2.24) is 20.6 Å². The SMILES string of the molecule is Cc1nc2ccc(C(=O)NCC(=O)NCc3ccc(Cl)cc3)cc2nc1C. The van der Waals surface area contributed by atoms with Crippen LogP contribution in [0.15, 0.2) is 42.5 Å². The summed E-state index contributed by atoms with van der Waals surface area (Å²) in [6, 6.07) is 12.3. The van der Waals surface area contributed by atoms with Crippen molar-refractivity contribution in [2.24, 2.45) is 0 Å². The highest BCUT2D eigenvalue weighted by atomic mass is 35.5. The van der Waals surface area contributed by atoms with Crippen LogP contribution in [0.5, 0.6) is 0 Å². The van der Waals surface area contributed by atoms with Crippen molar-refractivity contribution >= 4 is 34.4 Å². The van der Waals surface area contributed by atoms with Gasteiger partial charge in [-0.25, -0.2) is 9.97 Å². The van der Waals surface area contributed by atoms with Gasteiger partial charge in [0, 0.05) is 17.1 Å². The monoisotopic (exact) mass is 382 g/mol. The molecule has 3 rings (SSSR count). The normalized spacial score (nSPS) is 10.6. The summed E-state index contributed by atoms with van der Waals surface area (Å²) in [6.45, 7) is 4.03. The number of carbonyl (C=O) groups is 2. The van der Waals surface area contributed by atoms with Crippen LogP contribution in [0.1, 0.15) is 27.3 Å². The Kier molecular flexibility index (Phi) is 5.66. The zero-order valence-corrected chi connectivity index (χ0v) is 15.8. The fraction of sp³-hybridized carbons (Fsp3) is 0.200. The van der Waals surface area contributed by atoms with Gasteiger partial charge in [0.15, 0.2) is 0 Å². The Labute approximate surface area is 162 Å². The van der Waals surface area contributed by atoms with Crippen LogP contribution in [0, 0.1) is 13.8 Å². The van der Waals surface area contributed by atoms with E-state index >= 15 is 0 Å². The summed E-state index contributed by atoms with van der Waals surface area (Å²) in [4.78, 5) is 33.1. The van der Waals surface area contributed by atoms with E-state index < -0.39 is 0 Å². The Morgan fingerprint density at radius 2 is 1.59 bits per heavy atom. The predicted octanol–water partition coefficient (Wildman–Crippen LogP) is 2.95. The smallest absolute Gasteiger partial charge is 0.251 e. The van der Waals surface area contributed by atoms with E-state index in [2.05, 4.69) is 20.6 Å². The fourth-order valence-corrected chi connectivity index (χ4v) is 2.63. The molecule has 2 N–H and O–H groups in total. The van der Waals surface area contributed by atoms with E-state index in [1.807, 2.05) is 26.0 Å². The Bertz CT molecular complexity index is 1000. The van der Waals surface area contributed by atoms with Crippen LogP contribution < -0.4 is 10.6 Å². The van der Waals surface area contributed by atoms with E-state index in [-0.39, 0.29) is 18.4 Å². The molecule has 3 aromatic rings. The van der Waals surface area contributed by atoms with Crippen molar-refractivity contribution in [3.63, 3.8) is 0 Å². The number of nitrogens with one attached hydrogen (secondary N) is 2. The van der Waals surface area contributed by atoms with E-state index in [0.717, 1.165) is 22.5 Å². The van der Waals surface area contributed by atoms with Gasteiger partial charge in [-0.15, -0.1) is 0 Å². The van der Waals surface area contributed by atoms with Gasteiger partial charge in [0.2, 0.25) is 5.91 Å². The molecule has 0 saturated carbocycles. The number of nitrogens with zero attached hydrogens (tertiary/aromatic N) is 2. The second-order valence-electron chi connectivity index (χ2n) is 6.18. The third-order valence-corrected chi connectivity index (χ3v) is 4.40. The number of hydrogen-bond donors (Lipinski definition) is 2. The summed E-state index contributed by atoms with van der Waals surface area (Å²) < 4.78 is 0. The minimum absolute atomic E-state index is 0.108. The number of aromatic nitrogens is 2. The van der Waals surface area contributed by atoms with Crippen molar-refractivity contribution in [3.05, 3.63) is 70.0 Å².